The van der Waals surface area contributed by atoms with Crippen LogP contribution in [0.15, 0.2) is 48.7 Å². The number of aryl methyl sites for hydroxylation is 1. The van der Waals surface area contributed by atoms with E-state index in [2.05, 4.69) is 5.10 Å². The Kier molecular flexibility index (Phi) is 4.71. The van der Waals surface area contributed by atoms with E-state index in [1.807, 2.05) is 13.1 Å². The lowest BCUT2D eigenvalue weighted by Gasteiger charge is -2.11. The van der Waals surface area contributed by atoms with E-state index in [1.54, 1.807) is 42.3 Å². The Labute approximate surface area is 144 Å². The minimum absolute atomic E-state index is 0.301. The SMILES string of the molecule is COc1ccc(-c2cc(F)cc(OCc3ccnn3C)c2)c(Cl)c1. The largest absolute Gasteiger partial charge is 0.497 e. The van der Waals surface area contributed by atoms with Gasteiger partial charge in [-0.25, -0.2) is 4.39 Å². The molecule has 2 aromatic carbocycles. The minimum atomic E-state index is -0.389. The molecule has 0 fully saturated rings. The van der Waals surface area contributed by atoms with E-state index in [-0.39, 0.29) is 5.82 Å². The Morgan fingerprint density at radius 1 is 1.12 bits per heavy atom. The van der Waals surface area contributed by atoms with E-state index in [0.717, 1.165) is 5.69 Å². The van der Waals surface area contributed by atoms with E-state index in [4.69, 9.17) is 21.1 Å². The van der Waals surface area contributed by atoms with Crippen molar-refractivity contribution in [2.24, 2.45) is 7.05 Å². The number of halogens is 2. The van der Waals surface area contributed by atoms with Gasteiger partial charge in [0.15, 0.2) is 0 Å². The van der Waals surface area contributed by atoms with Gasteiger partial charge in [-0.1, -0.05) is 11.6 Å². The number of rotatable bonds is 5. The smallest absolute Gasteiger partial charge is 0.130 e. The molecule has 4 nitrogen and oxygen atoms in total. The van der Waals surface area contributed by atoms with Gasteiger partial charge < -0.3 is 9.47 Å². The number of nitrogens with zero attached hydrogens (tertiary/aromatic N) is 2. The molecule has 0 saturated heterocycles. The summed E-state index contributed by atoms with van der Waals surface area (Å²) in [6, 6.07) is 11.6. The van der Waals surface area contributed by atoms with Crippen LogP contribution in [0.5, 0.6) is 11.5 Å². The van der Waals surface area contributed by atoms with Crippen LogP contribution in [0, 0.1) is 5.82 Å². The van der Waals surface area contributed by atoms with Gasteiger partial charge in [-0.05, 0) is 42.0 Å². The average molecular weight is 347 g/mol. The fourth-order valence-corrected chi connectivity index (χ4v) is 2.64. The lowest BCUT2D eigenvalue weighted by atomic mass is 10.0. The molecule has 0 radical (unpaired) electrons. The first kappa shape index (κ1) is 16.3. The summed E-state index contributed by atoms with van der Waals surface area (Å²) in [7, 11) is 3.39. The molecule has 0 aliphatic heterocycles. The Hall–Kier alpha value is -2.53. The van der Waals surface area contributed by atoms with Crippen LogP contribution in [-0.4, -0.2) is 16.9 Å². The monoisotopic (exact) mass is 346 g/mol. The molecule has 0 N–H and O–H groups in total. The number of benzene rings is 2. The maximum Gasteiger partial charge on any atom is 0.130 e. The molecule has 24 heavy (non-hydrogen) atoms. The number of aromatic nitrogens is 2. The van der Waals surface area contributed by atoms with Crippen LogP contribution in [-0.2, 0) is 13.7 Å². The molecule has 3 aromatic rings. The van der Waals surface area contributed by atoms with Crippen molar-refractivity contribution in [1.82, 2.24) is 9.78 Å². The van der Waals surface area contributed by atoms with Gasteiger partial charge in [0.25, 0.3) is 0 Å². The Morgan fingerprint density at radius 3 is 2.62 bits per heavy atom. The second kappa shape index (κ2) is 6.93. The molecule has 6 heteroatoms. The van der Waals surface area contributed by atoms with Crippen LogP contribution < -0.4 is 9.47 Å². The number of methoxy groups -OCH3 is 1. The maximum absolute atomic E-state index is 14.0. The molecule has 0 saturated carbocycles. The van der Waals surface area contributed by atoms with Gasteiger partial charge in [0.2, 0.25) is 0 Å². The van der Waals surface area contributed by atoms with Crippen molar-refractivity contribution in [3.05, 3.63) is 65.2 Å². The molecule has 0 atom stereocenters. The zero-order chi connectivity index (χ0) is 17.1. The van der Waals surface area contributed by atoms with Crippen molar-refractivity contribution >= 4 is 11.6 Å². The van der Waals surface area contributed by atoms with Gasteiger partial charge in [-0.15, -0.1) is 0 Å². The highest BCUT2D eigenvalue weighted by atomic mass is 35.5. The lowest BCUT2D eigenvalue weighted by Crippen LogP contribution is -2.03. The quantitative estimate of drug-likeness (QED) is 0.684. The maximum atomic E-state index is 14.0. The molecule has 1 heterocycles. The molecule has 0 aliphatic rings. The van der Waals surface area contributed by atoms with E-state index in [9.17, 15) is 4.39 Å². The summed E-state index contributed by atoms with van der Waals surface area (Å²) in [6.07, 6.45) is 1.69. The van der Waals surface area contributed by atoms with Crippen molar-refractivity contribution < 1.29 is 13.9 Å². The third kappa shape index (κ3) is 3.51. The van der Waals surface area contributed by atoms with Gasteiger partial charge in [0, 0.05) is 24.9 Å². The normalized spacial score (nSPS) is 10.7. The first-order valence-electron chi connectivity index (χ1n) is 7.31. The van der Waals surface area contributed by atoms with Crippen molar-refractivity contribution in [3.63, 3.8) is 0 Å². The molecule has 0 aliphatic carbocycles. The average Bonchev–Trinajstić information content (AvgIpc) is 2.97. The Morgan fingerprint density at radius 2 is 1.96 bits per heavy atom. The van der Waals surface area contributed by atoms with Gasteiger partial charge in [0.1, 0.15) is 23.9 Å². The standard InChI is InChI=1S/C18H16ClFN2O2/c1-22-14(5-6-21-22)11-24-16-8-12(7-13(20)9-16)17-4-3-15(23-2)10-18(17)19/h3-10H,11H2,1-2H3. The summed E-state index contributed by atoms with van der Waals surface area (Å²) in [4.78, 5) is 0. The predicted molar refractivity (Wildman–Crippen MR) is 90.9 cm³/mol. The van der Waals surface area contributed by atoms with Crippen molar-refractivity contribution in [1.29, 1.82) is 0 Å². The molecule has 0 spiro atoms. The lowest BCUT2D eigenvalue weighted by molar-refractivity contribution is 0.293. The zero-order valence-corrected chi connectivity index (χ0v) is 14.0. The zero-order valence-electron chi connectivity index (χ0n) is 13.3. The van der Waals surface area contributed by atoms with Crippen LogP contribution in [0.3, 0.4) is 0 Å². The van der Waals surface area contributed by atoms with Gasteiger partial charge in [0.05, 0.1) is 17.8 Å². The molecule has 0 amide bonds. The predicted octanol–water partition coefficient (Wildman–Crippen LogP) is 4.47. The van der Waals surface area contributed by atoms with Crippen LogP contribution in [0.4, 0.5) is 4.39 Å². The summed E-state index contributed by atoms with van der Waals surface area (Å²) >= 11 is 6.27. The van der Waals surface area contributed by atoms with Gasteiger partial charge >= 0.3 is 0 Å². The summed E-state index contributed by atoms with van der Waals surface area (Å²) in [5.74, 6) is 0.685. The van der Waals surface area contributed by atoms with Gasteiger partial charge in [-0.3, -0.25) is 4.68 Å². The fraction of sp³-hybridized carbons (Fsp3) is 0.167. The highest BCUT2D eigenvalue weighted by Gasteiger charge is 2.09. The minimum Gasteiger partial charge on any atom is -0.497 e. The highest BCUT2D eigenvalue weighted by Crippen LogP contribution is 2.33. The number of hydrogen-bond donors (Lipinski definition) is 0. The van der Waals surface area contributed by atoms with E-state index >= 15 is 0 Å². The first-order chi connectivity index (χ1) is 11.6. The molecule has 0 bridgehead atoms. The summed E-state index contributed by atoms with van der Waals surface area (Å²) in [6.45, 7) is 0.301. The third-order valence-corrected chi connectivity index (χ3v) is 3.98. The molecule has 3 rings (SSSR count). The number of hydrogen-bond acceptors (Lipinski definition) is 3. The Bertz CT molecular complexity index is 864. The van der Waals surface area contributed by atoms with Crippen LogP contribution in [0.1, 0.15) is 5.69 Å². The van der Waals surface area contributed by atoms with Gasteiger partial charge in [-0.2, -0.15) is 5.10 Å². The Balaban J connectivity index is 1.87. The van der Waals surface area contributed by atoms with E-state index < -0.39 is 0 Å². The first-order valence-corrected chi connectivity index (χ1v) is 7.69. The third-order valence-electron chi connectivity index (χ3n) is 3.67. The fourth-order valence-electron chi connectivity index (χ4n) is 2.36. The molecule has 1 aromatic heterocycles. The summed E-state index contributed by atoms with van der Waals surface area (Å²) < 4.78 is 26.5. The highest BCUT2D eigenvalue weighted by molar-refractivity contribution is 6.33. The second-order valence-electron chi connectivity index (χ2n) is 5.26. The topological polar surface area (TPSA) is 36.3 Å². The molecular formula is C18H16ClFN2O2. The van der Waals surface area contributed by atoms with Crippen molar-refractivity contribution in [3.8, 4) is 22.6 Å². The van der Waals surface area contributed by atoms with Crippen molar-refractivity contribution in [2.45, 2.75) is 6.61 Å². The van der Waals surface area contributed by atoms with E-state index in [1.165, 1.54) is 12.1 Å². The second-order valence-corrected chi connectivity index (χ2v) is 5.66. The summed E-state index contributed by atoms with van der Waals surface area (Å²) in [5, 5.41) is 4.56. The summed E-state index contributed by atoms with van der Waals surface area (Å²) in [5.41, 5.74) is 2.24. The number of ether oxygens (including phenoxy) is 2. The van der Waals surface area contributed by atoms with Crippen LogP contribution in [0.25, 0.3) is 11.1 Å². The van der Waals surface area contributed by atoms with Crippen LogP contribution >= 0.6 is 11.6 Å². The molecule has 0 unspecified atom stereocenters. The van der Waals surface area contributed by atoms with Crippen molar-refractivity contribution in [2.75, 3.05) is 7.11 Å². The molecule has 124 valence electrons. The molecular weight excluding hydrogens is 331 g/mol. The van der Waals surface area contributed by atoms with Crippen LogP contribution in [0.2, 0.25) is 5.02 Å². The van der Waals surface area contributed by atoms with E-state index in [0.29, 0.717) is 34.3 Å².